The standard InChI is InChI=1S/C45H34N2O2S3/c1-24-35-20-25(6-10-29(35)30-12-8-27(48-4)22-36(24)30)39-16-18-41(50-39)33-14-15-34(44-43(33)46-52-47-44)42-19-17-40(51-42)26-7-11-31-32-13-9-28(49-5)23-38(32)45(2,3)37(31)21-26/h6-24H,1-5H3. The lowest BCUT2D eigenvalue weighted by atomic mass is 9.82. The van der Waals surface area contributed by atoms with Crippen molar-refractivity contribution in [1.82, 2.24) is 8.75 Å². The number of methoxy groups -OCH3 is 2. The number of hydrogen-bond acceptors (Lipinski definition) is 7. The SMILES string of the molecule is COc1ccc2c(c1)C(C)c1cc(-c3ccc(-c4ccc(-c5ccc(-c6ccc7c(c6)C(C)(C)c6cc(OC)ccc6-7)s5)c5nsnc45)s3)ccc1-2. The van der Waals surface area contributed by atoms with E-state index in [0.717, 1.165) is 33.7 Å². The van der Waals surface area contributed by atoms with Gasteiger partial charge in [-0.2, -0.15) is 8.75 Å². The maximum atomic E-state index is 5.57. The number of thiophene rings is 2. The van der Waals surface area contributed by atoms with E-state index < -0.39 is 0 Å². The van der Waals surface area contributed by atoms with Gasteiger partial charge in [-0.1, -0.05) is 69.3 Å². The molecule has 2 aliphatic carbocycles. The van der Waals surface area contributed by atoms with Gasteiger partial charge in [0, 0.05) is 42.0 Å². The van der Waals surface area contributed by atoms with Crippen molar-refractivity contribution >= 4 is 45.4 Å². The van der Waals surface area contributed by atoms with Crippen molar-refractivity contribution in [3.05, 3.63) is 131 Å². The molecule has 0 spiro atoms. The molecule has 0 saturated carbocycles. The maximum absolute atomic E-state index is 5.57. The van der Waals surface area contributed by atoms with E-state index in [4.69, 9.17) is 18.2 Å². The molecule has 7 heteroatoms. The van der Waals surface area contributed by atoms with Crippen LogP contribution in [0, 0.1) is 0 Å². The minimum Gasteiger partial charge on any atom is -0.497 e. The van der Waals surface area contributed by atoms with Gasteiger partial charge in [0.2, 0.25) is 0 Å². The Hall–Kier alpha value is -5.08. The van der Waals surface area contributed by atoms with Gasteiger partial charge in [-0.05, 0) is 116 Å². The molecule has 0 amide bonds. The lowest BCUT2D eigenvalue weighted by Gasteiger charge is -2.22. The average Bonchev–Trinajstić information content (AvgIpc) is 4.02. The summed E-state index contributed by atoms with van der Waals surface area (Å²) in [5, 5.41) is 0. The van der Waals surface area contributed by atoms with Crippen LogP contribution in [0.4, 0.5) is 0 Å². The van der Waals surface area contributed by atoms with Gasteiger partial charge < -0.3 is 9.47 Å². The fourth-order valence-electron chi connectivity index (χ4n) is 8.30. The van der Waals surface area contributed by atoms with Crippen LogP contribution >= 0.6 is 34.4 Å². The van der Waals surface area contributed by atoms with Crippen LogP contribution in [0.5, 0.6) is 11.5 Å². The molecule has 4 nitrogen and oxygen atoms in total. The highest BCUT2D eigenvalue weighted by molar-refractivity contribution is 7.19. The van der Waals surface area contributed by atoms with Gasteiger partial charge in [-0.25, -0.2) is 0 Å². The second-order valence-corrected chi connectivity index (χ2v) is 16.9. The monoisotopic (exact) mass is 730 g/mol. The number of hydrogen-bond donors (Lipinski definition) is 0. The summed E-state index contributed by atoms with van der Waals surface area (Å²) in [6.45, 7) is 6.92. The van der Waals surface area contributed by atoms with Crippen LogP contribution in [-0.4, -0.2) is 23.0 Å². The minimum atomic E-state index is -0.106. The van der Waals surface area contributed by atoms with E-state index in [1.165, 1.54) is 86.9 Å². The van der Waals surface area contributed by atoms with Crippen LogP contribution in [-0.2, 0) is 5.41 Å². The van der Waals surface area contributed by atoms with Crippen LogP contribution < -0.4 is 9.47 Å². The number of ether oxygens (including phenoxy) is 2. The molecule has 0 bridgehead atoms. The molecule has 0 aliphatic heterocycles. The first kappa shape index (κ1) is 31.6. The molecule has 0 fully saturated rings. The van der Waals surface area contributed by atoms with Crippen molar-refractivity contribution < 1.29 is 9.47 Å². The van der Waals surface area contributed by atoms with Gasteiger partial charge >= 0.3 is 0 Å². The summed E-state index contributed by atoms with van der Waals surface area (Å²) in [5.41, 5.74) is 17.2. The second-order valence-electron chi connectivity index (χ2n) is 14.2. The van der Waals surface area contributed by atoms with Crippen molar-refractivity contribution in [3.63, 3.8) is 0 Å². The first-order chi connectivity index (χ1) is 25.3. The summed E-state index contributed by atoms with van der Waals surface area (Å²) in [6.07, 6.45) is 0. The highest BCUT2D eigenvalue weighted by Crippen LogP contribution is 2.52. The molecular formula is C45H34N2O2S3. The molecule has 0 N–H and O–H groups in total. The molecular weight excluding hydrogens is 697 g/mol. The molecule has 0 radical (unpaired) electrons. The molecule has 3 aromatic heterocycles. The number of nitrogens with zero attached hydrogens (tertiary/aromatic N) is 2. The van der Waals surface area contributed by atoms with Crippen LogP contribution in [0.15, 0.2) is 109 Å². The number of fused-ring (bicyclic) bond motifs is 7. The van der Waals surface area contributed by atoms with Gasteiger partial charge in [0.1, 0.15) is 22.5 Å². The Morgan fingerprint density at radius 2 is 0.962 bits per heavy atom. The number of benzene rings is 5. The maximum Gasteiger partial charge on any atom is 0.119 e. The van der Waals surface area contributed by atoms with Crippen LogP contribution in [0.1, 0.15) is 48.9 Å². The Labute approximate surface area is 315 Å². The van der Waals surface area contributed by atoms with Crippen LogP contribution in [0.3, 0.4) is 0 Å². The van der Waals surface area contributed by atoms with E-state index in [-0.39, 0.29) is 5.41 Å². The largest absolute Gasteiger partial charge is 0.497 e. The summed E-state index contributed by atoms with van der Waals surface area (Å²) in [4.78, 5) is 4.90. The van der Waals surface area contributed by atoms with Gasteiger partial charge in [-0.3, -0.25) is 0 Å². The summed E-state index contributed by atoms with van der Waals surface area (Å²) in [7, 11) is 3.47. The number of aromatic nitrogens is 2. The lowest BCUT2D eigenvalue weighted by molar-refractivity contribution is 0.413. The van der Waals surface area contributed by atoms with Gasteiger partial charge in [-0.15, -0.1) is 22.7 Å². The van der Waals surface area contributed by atoms with Gasteiger partial charge in [0.15, 0.2) is 0 Å². The molecule has 5 aromatic carbocycles. The molecule has 1 atom stereocenters. The van der Waals surface area contributed by atoms with E-state index in [1.807, 2.05) is 22.7 Å². The summed E-state index contributed by atoms with van der Waals surface area (Å²) < 4.78 is 20.8. The van der Waals surface area contributed by atoms with Crippen molar-refractivity contribution in [1.29, 1.82) is 0 Å². The average molecular weight is 731 g/mol. The minimum absolute atomic E-state index is 0.106. The Morgan fingerprint density at radius 1 is 0.500 bits per heavy atom. The molecule has 2 aliphatic rings. The summed E-state index contributed by atoms with van der Waals surface area (Å²) >= 11 is 4.92. The number of rotatable bonds is 6. The van der Waals surface area contributed by atoms with E-state index in [9.17, 15) is 0 Å². The Kier molecular flexibility index (Phi) is 7.13. The molecule has 10 rings (SSSR count). The highest BCUT2D eigenvalue weighted by Gasteiger charge is 2.36. The zero-order valence-electron chi connectivity index (χ0n) is 29.4. The first-order valence-electron chi connectivity index (χ1n) is 17.4. The molecule has 0 saturated heterocycles. The van der Waals surface area contributed by atoms with E-state index in [1.54, 1.807) is 14.2 Å². The van der Waals surface area contributed by atoms with Crippen molar-refractivity contribution in [2.75, 3.05) is 14.2 Å². The normalized spacial score (nSPS) is 15.0. The molecule has 1 unspecified atom stereocenters. The molecule has 254 valence electrons. The molecule has 3 heterocycles. The molecule has 52 heavy (non-hydrogen) atoms. The van der Waals surface area contributed by atoms with Crippen LogP contribution in [0.2, 0.25) is 0 Å². The van der Waals surface area contributed by atoms with Crippen molar-refractivity contribution in [2.45, 2.75) is 32.1 Å². The predicted molar refractivity (Wildman–Crippen MR) is 219 cm³/mol. The summed E-state index contributed by atoms with van der Waals surface area (Å²) in [6, 6.07) is 40.1. The third-order valence-corrected chi connectivity index (χ3v) is 14.0. The first-order valence-corrected chi connectivity index (χ1v) is 19.8. The predicted octanol–water partition coefficient (Wildman–Crippen LogP) is 12.9. The summed E-state index contributed by atoms with van der Waals surface area (Å²) in [5.74, 6) is 2.13. The Morgan fingerprint density at radius 3 is 1.58 bits per heavy atom. The van der Waals surface area contributed by atoms with E-state index in [2.05, 4.69) is 130 Å². The third-order valence-electron chi connectivity index (χ3n) is 11.1. The van der Waals surface area contributed by atoms with Crippen molar-refractivity contribution in [2.24, 2.45) is 0 Å². The topological polar surface area (TPSA) is 44.2 Å². The van der Waals surface area contributed by atoms with Gasteiger partial charge in [0.05, 0.1) is 25.9 Å². The van der Waals surface area contributed by atoms with Crippen LogP contribution in [0.25, 0.3) is 75.0 Å². The third kappa shape index (κ3) is 4.69. The quantitative estimate of drug-likeness (QED) is 0.171. The van der Waals surface area contributed by atoms with E-state index >= 15 is 0 Å². The molecule has 8 aromatic rings. The second kappa shape index (κ2) is 11.7. The Balaban J connectivity index is 0.952. The zero-order chi connectivity index (χ0) is 35.3. The van der Waals surface area contributed by atoms with Gasteiger partial charge in [0.25, 0.3) is 0 Å². The fourth-order valence-corrected chi connectivity index (χ4v) is 10.9. The Bertz CT molecular complexity index is 2730. The zero-order valence-corrected chi connectivity index (χ0v) is 31.9. The smallest absolute Gasteiger partial charge is 0.119 e. The highest BCUT2D eigenvalue weighted by atomic mass is 32.1. The lowest BCUT2D eigenvalue weighted by Crippen LogP contribution is -2.15. The fraction of sp³-hybridized carbons (Fsp3) is 0.156. The van der Waals surface area contributed by atoms with E-state index in [0.29, 0.717) is 5.92 Å². The van der Waals surface area contributed by atoms with Crippen molar-refractivity contribution in [3.8, 4) is 75.5 Å².